The van der Waals surface area contributed by atoms with E-state index in [0.29, 0.717) is 36.0 Å². The number of carbonyl (C=O) groups is 1. The van der Waals surface area contributed by atoms with Gasteiger partial charge < -0.3 is 14.5 Å². The number of fused-ring (bicyclic) bond motifs is 3. The Bertz CT molecular complexity index is 1580. The number of anilines is 1. The molecule has 2 aromatic carbocycles. The molecule has 8 atom stereocenters. The van der Waals surface area contributed by atoms with Crippen molar-refractivity contribution in [2.75, 3.05) is 76.7 Å². The van der Waals surface area contributed by atoms with Crippen LogP contribution in [0.25, 0.3) is 0 Å². The first-order valence-corrected chi connectivity index (χ1v) is 22.7. The Labute approximate surface area is 324 Å². The lowest BCUT2D eigenvalue weighted by molar-refractivity contribution is 0.0102. The summed E-state index contributed by atoms with van der Waals surface area (Å²) in [5, 5.41) is 0.658. The summed E-state index contributed by atoms with van der Waals surface area (Å²) in [6.45, 7) is 17.0. The molecule has 8 unspecified atom stereocenters. The Hall–Kier alpha value is -1.82. The van der Waals surface area contributed by atoms with Crippen LogP contribution in [-0.4, -0.2) is 107 Å². The lowest BCUT2D eigenvalue weighted by Gasteiger charge is -2.50. The van der Waals surface area contributed by atoms with Crippen LogP contribution in [0.5, 0.6) is 5.75 Å². The van der Waals surface area contributed by atoms with Gasteiger partial charge in [0, 0.05) is 81.4 Å². The third-order valence-electron chi connectivity index (χ3n) is 13.1. The minimum Gasteiger partial charge on any atom is -0.491 e. The minimum absolute atomic E-state index is 0.122. The maximum absolute atomic E-state index is 13.6. The van der Waals surface area contributed by atoms with Gasteiger partial charge in [0.2, 0.25) is 0 Å². The molecule has 2 saturated heterocycles. The largest absolute Gasteiger partial charge is 0.491 e. The van der Waals surface area contributed by atoms with E-state index < -0.39 is 11.0 Å². The van der Waals surface area contributed by atoms with Crippen molar-refractivity contribution in [1.29, 1.82) is 0 Å². The van der Waals surface area contributed by atoms with E-state index in [1.54, 1.807) is 0 Å². The van der Waals surface area contributed by atoms with Gasteiger partial charge >= 0.3 is 0 Å². The Kier molecular flexibility index (Phi) is 12.8. The van der Waals surface area contributed by atoms with Crippen molar-refractivity contribution in [2.45, 2.75) is 82.9 Å². The fourth-order valence-corrected chi connectivity index (χ4v) is 11.5. The molecule has 0 spiro atoms. The standard InChI is InChI=1S/C41H60ClN5O3S2/c1-5-7-30-20-35(42)12-14-37(30)34-24-46-23-33-10-13-38(33)32(22-44-16-17-45-18-19-47(51-4)26-36(45)25-44)9-6-8-28(2)29(3)52(49)43-41(48)31-11-15-40(50-27-34)39(46)21-31/h11-12,14-15,20-21,28-29,32-34,36,38H,5-10,13,16-19,22-27H2,1-4H3,(H,43,48). The highest BCUT2D eigenvalue weighted by Gasteiger charge is 2.41. The zero-order valence-electron chi connectivity index (χ0n) is 31.7. The van der Waals surface area contributed by atoms with Gasteiger partial charge in [-0.1, -0.05) is 56.3 Å². The summed E-state index contributed by atoms with van der Waals surface area (Å²) in [5.74, 6) is 2.88. The van der Waals surface area contributed by atoms with Crippen molar-refractivity contribution >= 4 is 46.1 Å². The number of piperazine rings is 2. The maximum Gasteiger partial charge on any atom is 0.263 e. The summed E-state index contributed by atoms with van der Waals surface area (Å²) in [6, 6.07) is 12.8. The second-order valence-corrected chi connectivity index (χ2v) is 19.2. The molecule has 2 bridgehead atoms. The number of ether oxygens (including phenoxy) is 1. The molecular formula is C41H60ClN5O3S2. The second-order valence-electron chi connectivity index (χ2n) is 16.3. The highest BCUT2D eigenvalue weighted by atomic mass is 35.5. The molecule has 1 saturated carbocycles. The van der Waals surface area contributed by atoms with Crippen molar-refractivity contribution in [3.63, 3.8) is 0 Å². The molecule has 11 heteroatoms. The number of rotatable bonds is 6. The zero-order chi connectivity index (χ0) is 36.4. The minimum atomic E-state index is -1.47. The number of amides is 1. The zero-order valence-corrected chi connectivity index (χ0v) is 34.1. The number of hydrogen-bond donors (Lipinski definition) is 1. The van der Waals surface area contributed by atoms with Crippen LogP contribution >= 0.6 is 23.5 Å². The second kappa shape index (κ2) is 17.3. The summed E-state index contributed by atoms with van der Waals surface area (Å²) in [7, 11) is -1.47. The Morgan fingerprint density at radius 1 is 0.981 bits per heavy atom. The van der Waals surface area contributed by atoms with E-state index in [0.717, 1.165) is 68.3 Å². The summed E-state index contributed by atoms with van der Waals surface area (Å²) >= 11 is 8.41. The molecule has 4 aliphatic heterocycles. The Balaban J connectivity index is 1.18. The fourth-order valence-electron chi connectivity index (χ4n) is 9.67. The van der Waals surface area contributed by atoms with Crippen molar-refractivity contribution in [1.82, 2.24) is 18.8 Å². The van der Waals surface area contributed by atoms with Crippen LogP contribution in [0.2, 0.25) is 5.02 Å². The molecule has 0 radical (unpaired) electrons. The first kappa shape index (κ1) is 38.5. The van der Waals surface area contributed by atoms with Gasteiger partial charge in [-0.25, -0.2) is 8.51 Å². The van der Waals surface area contributed by atoms with E-state index in [-0.39, 0.29) is 23.0 Å². The van der Waals surface area contributed by atoms with Crippen LogP contribution in [0.3, 0.4) is 0 Å². The van der Waals surface area contributed by atoms with Gasteiger partial charge in [-0.15, -0.1) is 0 Å². The third kappa shape index (κ3) is 8.68. The van der Waals surface area contributed by atoms with Gasteiger partial charge in [-0.2, -0.15) is 0 Å². The molecule has 4 heterocycles. The first-order chi connectivity index (χ1) is 25.2. The van der Waals surface area contributed by atoms with Crippen molar-refractivity contribution in [3.05, 3.63) is 58.1 Å². The predicted molar refractivity (Wildman–Crippen MR) is 217 cm³/mol. The lowest BCUT2D eigenvalue weighted by atomic mass is 9.65. The molecule has 5 aliphatic rings. The van der Waals surface area contributed by atoms with Gasteiger partial charge in [0.1, 0.15) is 16.7 Å². The van der Waals surface area contributed by atoms with Crippen molar-refractivity contribution in [2.24, 2.45) is 23.7 Å². The number of carbonyl (C=O) groups excluding carboxylic acids is 1. The van der Waals surface area contributed by atoms with Crippen LogP contribution < -0.4 is 14.4 Å². The molecule has 3 fully saturated rings. The monoisotopic (exact) mass is 769 g/mol. The summed E-state index contributed by atoms with van der Waals surface area (Å²) in [4.78, 5) is 21.6. The smallest absolute Gasteiger partial charge is 0.263 e. The van der Waals surface area contributed by atoms with Gasteiger partial charge in [-0.3, -0.25) is 14.4 Å². The summed E-state index contributed by atoms with van der Waals surface area (Å²) < 4.78 is 25.5. The van der Waals surface area contributed by atoms with Gasteiger partial charge in [0.25, 0.3) is 5.91 Å². The van der Waals surface area contributed by atoms with Crippen molar-refractivity contribution < 1.29 is 13.7 Å². The average Bonchev–Trinajstić information content (AvgIpc) is 3.31. The number of nitrogens with one attached hydrogen (secondary N) is 1. The number of aryl methyl sites for hydroxylation is 1. The fraction of sp³-hybridized carbons (Fsp3) is 0.683. The topological polar surface area (TPSA) is 68.4 Å². The van der Waals surface area contributed by atoms with Crippen LogP contribution in [0, 0.1) is 23.7 Å². The molecule has 0 aromatic heterocycles. The van der Waals surface area contributed by atoms with Crippen LogP contribution in [0.15, 0.2) is 36.4 Å². The van der Waals surface area contributed by atoms with Crippen molar-refractivity contribution in [3.8, 4) is 5.75 Å². The van der Waals surface area contributed by atoms with Gasteiger partial charge in [-0.05, 0) is 110 Å². The van der Waals surface area contributed by atoms with E-state index in [1.165, 1.54) is 63.1 Å². The van der Waals surface area contributed by atoms with Gasteiger partial charge in [0.15, 0.2) is 0 Å². The molecule has 7 rings (SSSR count). The number of nitrogens with zero attached hydrogens (tertiary/aromatic N) is 4. The highest BCUT2D eigenvalue weighted by molar-refractivity contribution is 7.96. The third-order valence-corrected chi connectivity index (χ3v) is 15.7. The van der Waals surface area contributed by atoms with Crippen LogP contribution in [-0.2, 0) is 17.4 Å². The normalized spacial score (nSPS) is 32.5. The molecule has 1 N–H and O–H groups in total. The van der Waals surface area contributed by atoms with Crippen LogP contribution in [0.1, 0.15) is 86.7 Å². The SMILES string of the molecule is CCCc1cc(Cl)ccc1C1COc2ccc3cc2N(C1)CC1CCC1C(CN1CCN2CCN(SC)CC2C1)CCCC(C)C(C)S(=O)NC3=O. The van der Waals surface area contributed by atoms with Crippen LogP contribution in [0.4, 0.5) is 5.69 Å². The molecule has 8 nitrogen and oxygen atoms in total. The number of halogens is 1. The molecule has 2 aromatic rings. The highest BCUT2D eigenvalue weighted by Crippen LogP contribution is 2.45. The Morgan fingerprint density at radius 2 is 1.83 bits per heavy atom. The van der Waals surface area contributed by atoms with E-state index in [1.807, 2.05) is 43.1 Å². The first-order valence-electron chi connectivity index (χ1n) is 20.0. The maximum atomic E-state index is 13.6. The molecule has 52 heavy (non-hydrogen) atoms. The summed E-state index contributed by atoms with van der Waals surface area (Å²) in [5.41, 5.74) is 4.13. The van der Waals surface area contributed by atoms with Gasteiger partial charge in [0.05, 0.1) is 17.5 Å². The molecule has 286 valence electrons. The Morgan fingerprint density at radius 3 is 2.62 bits per heavy atom. The lowest BCUT2D eigenvalue weighted by Crippen LogP contribution is -2.61. The molecular weight excluding hydrogens is 710 g/mol. The number of benzene rings is 2. The average molecular weight is 771 g/mol. The molecule has 1 amide bonds. The quantitative estimate of drug-likeness (QED) is 0.313. The number of hydrogen-bond acceptors (Lipinski definition) is 8. The van der Waals surface area contributed by atoms with E-state index in [4.69, 9.17) is 16.3 Å². The molecule has 1 aliphatic carbocycles. The summed E-state index contributed by atoms with van der Waals surface area (Å²) in [6.07, 6.45) is 10.1. The van der Waals surface area contributed by atoms with E-state index in [9.17, 15) is 9.00 Å². The van der Waals surface area contributed by atoms with E-state index in [2.05, 4.69) is 56.0 Å². The predicted octanol–water partition coefficient (Wildman–Crippen LogP) is 7.10. The van der Waals surface area contributed by atoms with E-state index >= 15 is 0 Å².